The molecule has 0 spiro atoms. The summed E-state index contributed by atoms with van der Waals surface area (Å²) in [5.41, 5.74) is 21.5. The molecule has 0 saturated heterocycles. The van der Waals surface area contributed by atoms with E-state index in [1.54, 1.807) is 27.7 Å². The summed E-state index contributed by atoms with van der Waals surface area (Å²) in [4.78, 5) is 91.3. The van der Waals surface area contributed by atoms with Gasteiger partial charge in [-0.05, 0) is 38.0 Å². The predicted octanol–water partition coefficient (Wildman–Crippen LogP) is -4.14. The van der Waals surface area contributed by atoms with Crippen molar-refractivity contribution in [3.63, 3.8) is 0 Å². The maximum absolute atomic E-state index is 13.5. The fourth-order valence-corrected chi connectivity index (χ4v) is 4.21. The fourth-order valence-electron chi connectivity index (χ4n) is 4.21. The second kappa shape index (κ2) is 21.3. The molecule has 0 aliphatic heterocycles. The van der Waals surface area contributed by atoms with Crippen molar-refractivity contribution in [2.75, 3.05) is 13.1 Å². The zero-order valence-electron chi connectivity index (χ0n) is 27.6. The molecule has 0 aliphatic rings. The Labute approximate surface area is 273 Å². The van der Waals surface area contributed by atoms with E-state index in [1.165, 1.54) is 6.92 Å². The van der Waals surface area contributed by atoms with Gasteiger partial charge in [0.25, 0.3) is 0 Å². The molecule has 0 aromatic rings. The lowest BCUT2D eigenvalue weighted by molar-refractivity contribution is -0.139. The summed E-state index contributed by atoms with van der Waals surface area (Å²) in [5.74, 6) is -7.07. The van der Waals surface area contributed by atoms with E-state index >= 15 is 0 Å². The number of aliphatic hydroxyl groups is 1. The van der Waals surface area contributed by atoms with Crippen LogP contribution in [0.2, 0.25) is 0 Å². The van der Waals surface area contributed by atoms with E-state index in [9.17, 15) is 38.7 Å². The number of carboxylic acid groups (broad SMARTS) is 1. The molecule has 0 aromatic carbocycles. The number of hydrogen-bond acceptors (Lipinski definition) is 10. The van der Waals surface area contributed by atoms with Crippen LogP contribution < -0.4 is 49.5 Å². The lowest BCUT2D eigenvalue weighted by atomic mass is 9.97. The SMILES string of the molecule is CC[C@H](C)[C@H](NC(=O)[C@@H](NC(=O)[C@H](CC(C)C)NC(=O)[C@H](CCCN=C(N)N)NC(=O)[C@@H](N)CC(N)=O)[C@@H](C)O)C(=O)NCC(=O)O. The van der Waals surface area contributed by atoms with Crippen molar-refractivity contribution in [3.8, 4) is 0 Å². The zero-order valence-corrected chi connectivity index (χ0v) is 27.6. The Morgan fingerprint density at radius 1 is 0.766 bits per heavy atom. The first-order valence-corrected chi connectivity index (χ1v) is 15.3. The molecule has 0 saturated carbocycles. The number of hydrogen-bond donors (Lipinski definition) is 11. The number of amides is 6. The highest BCUT2D eigenvalue weighted by atomic mass is 16.4. The molecule has 0 aliphatic carbocycles. The van der Waals surface area contributed by atoms with E-state index in [-0.39, 0.29) is 37.7 Å². The molecule has 0 unspecified atom stereocenters. The van der Waals surface area contributed by atoms with Crippen LogP contribution >= 0.6 is 0 Å². The number of nitrogens with zero attached hydrogens (tertiary/aromatic N) is 1. The number of carbonyl (C=O) groups excluding carboxylic acids is 6. The van der Waals surface area contributed by atoms with Crippen LogP contribution in [0.3, 0.4) is 0 Å². The monoisotopic (exact) mass is 672 g/mol. The third-order valence-electron chi connectivity index (χ3n) is 6.95. The smallest absolute Gasteiger partial charge is 0.322 e. The highest BCUT2D eigenvalue weighted by Gasteiger charge is 2.35. The topological polar surface area (TPSA) is 337 Å². The molecule has 0 fully saturated rings. The van der Waals surface area contributed by atoms with Gasteiger partial charge in [-0.2, -0.15) is 0 Å². The number of nitrogens with one attached hydrogen (secondary N) is 5. The van der Waals surface area contributed by atoms with Gasteiger partial charge >= 0.3 is 5.97 Å². The van der Waals surface area contributed by atoms with Crippen LogP contribution in [0.15, 0.2) is 4.99 Å². The molecule has 0 bridgehead atoms. The Kier molecular flexibility index (Phi) is 19.3. The molecule has 0 heterocycles. The first kappa shape index (κ1) is 42.5. The Morgan fingerprint density at radius 2 is 1.32 bits per heavy atom. The van der Waals surface area contributed by atoms with Crippen LogP contribution in [-0.4, -0.2) is 107 Å². The molecular formula is C28H52N10O9. The third kappa shape index (κ3) is 17.1. The molecular weight excluding hydrogens is 620 g/mol. The summed E-state index contributed by atoms with van der Waals surface area (Å²) in [6.07, 6.45) is -1.19. The summed E-state index contributed by atoms with van der Waals surface area (Å²) in [7, 11) is 0. The van der Waals surface area contributed by atoms with E-state index in [4.69, 9.17) is 28.0 Å². The zero-order chi connectivity index (χ0) is 36.4. The first-order valence-electron chi connectivity index (χ1n) is 15.3. The number of aliphatic hydroxyl groups excluding tert-OH is 1. The molecule has 0 aromatic heterocycles. The standard InChI is InChI=1S/C28H52N10O9/c1-6-14(4)21(26(46)34-12-20(41)42)37-27(47)22(15(5)39)38-25(45)18(10-13(2)3)36-24(44)17(8-7-9-33-28(31)32)35-23(43)16(29)11-19(30)40/h13-18,21-22,39H,6-12,29H2,1-5H3,(H2,30,40)(H,34,46)(H,35,43)(H,36,44)(H,37,47)(H,38,45)(H,41,42)(H4,31,32,33)/t14-,15+,16-,17-,18-,21-,22-/m0/s1. The number of rotatable bonds is 22. The van der Waals surface area contributed by atoms with Gasteiger partial charge in [-0.3, -0.25) is 38.6 Å². The second-order valence-corrected chi connectivity index (χ2v) is 11.7. The number of carboxylic acids is 1. The van der Waals surface area contributed by atoms with Gasteiger partial charge in [0.2, 0.25) is 35.4 Å². The van der Waals surface area contributed by atoms with Crippen molar-refractivity contribution in [2.45, 2.75) is 103 Å². The van der Waals surface area contributed by atoms with Crippen LogP contribution in [0.25, 0.3) is 0 Å². The van der Waals surface area contributed by atoms with E-state index in [2.05, 4.69) is 31.6 Å². The molecule has 268 valence electrons. The number of nitrogens with two attached hydrogens (primary N) is 4. The Bertz CT molecular complexity index is 1130. The highest BCUT2D eigenvalue weighted by Crippen LogP contribution is 2.11. The number of primary amides is 1. The summed E-state index contributed by atoms with van der Waals surface area (Å²) >= 11 is 0. The van der Waals surface area contributed by atoms with Crippen molar-refractivity contribution in [2.24, 2.45) is 39.8 Å². The number of guanidine groups is 1. The molecule has 0 radical (unpaired) electrons. The van der Waals surface area contributed by atoms with Crippen LogP contribution in [0, 0.1) is 11.8 Å². The first-order chi connectivity index (χ1) is 21.8. The summed E-state index contributed by atoms with van der Waals surface area (Å²) < 4.78 is 0. The van der Waals surface area contributed by atoms with Gasteiger partial charge in [-0.1, -0.05) is 34.1 Å². The average molecular weight is 673 g/mol. The van der Waals surface area contributed by atoms with Crippen molar-refractivity contribution in [1.82, 2.24) is 26.6 Å². The number of carbonyl (C=O) groups is 7. The molecule has 19 heteroatoms. The average Bonchev–Trinajstić information content (AvgIpc) is 2.96. The number of aliphatic imine (C=N–C) groups is 1. The van der Waals surface area contributed by atoms with Crippen molar-refractivity contribution in [1.29, 1.82) is 0 Å². The highest BCUT2D eigenvalue weighted by molar-refractivity contribution is 5.96. The summed E-state index contributed by atoms with van der Waals surface area (Å²) in [6, 6.07) is -6.59. The molecule has 0 rings (SSSR count). The second-order valence-electron chi connectivity index (χ2n) is 11.7. The Hall–Kier alpha value is -4.52. The van der Waals surface area contributed by atoms with Gasteiger partial charge in [0.1, 0.15) is 30.7 Å². The number of aliphatic carboxylic acids is 1. The summed E-state index contributed by atoms with van der Waals surface area (Å²) in [6.45, 7) is 7.63. The van der Waals surface area contributed by atoms with Crippen LogP contribution in [0.5, 0.6) is 0 Å². The normalized spacial score (nSPS) is 15.4. The van der Waals surface area contributed by atoms with Gasteiger partial charge in [0, 0.05) is 6.54 Å². The van der Waals surface area contributed by atoms with Crippen LogP contribution in [0.4, 0.5) is 0 Å². The molecule has 15 N–H and O–H groups in total. The third-order valence-corrected chi connectivity index (χ3v) is 6.95. The van der Waals surface area contributed by atoms with Gasteiger partial charge in [0.05, 0.1) is 18.6 Å². The van der Waals surface area contributed by atoms with Gasteiger partial charge < -0.3 is 59.7 Å². The quantitative estimate of drug-likeness (QED) is 0.0297. The van der Waals surface area contributed by atoms with Gasteiger partial charge in [-0.15, -0.1) is 0 Å². The van der Waals surface area contributed by atoms with Crippen molar-refractivity contribution < 1.29 is 43.8 Å². The Balaban J connectivity index is 6.04. The molecule has 19 nitrogen and oxygen atoms in total. The minimum absolute atomic E-state index is 0.00725. The maximum Gasteiger partial charge on any atom is 0.322 e. The largest absolute Gasteiger partial charge is 0.480 e. The minimum atomic E-state index is -1.57. The van der Waals surface area contributed by atoms with E-state index in [0.29, 0.717) is 6.42 Å². The Morgan fingerprint density at radius 3 is 1.81 bits per heavy atom. The van der Waals surface area contributed by atoms with E-state index in [0.717, 1.165) is 0 Å². The van der Waals surface area contributed by atoms with Crippen molar-refractivity contribution >= 4 is 47.4 Å². The maximum atomic E-state index is 13.5. The van der Waals surface area contributed by atoms with Gasteiger partial charge in [-0.25, -0.2) is 0 Å². The fraction of sp³-hybridized carbons (Fsp3) is 0.714. The lowest BCUT2D eigenvalue weighted by Gasteiger charge is -2.29. The minimum Gasteiger partial charge on any atom is -0.480 e. The predicted molar refractivity (Wildman–Crippen MR) is 171 cm³/mol. The van der Waals surface area contributed by atoms with Crippen LogP contribution in [0.1, 0.15) is 66.7 Å². The molecule has 7 atom stereocenters. The van der Waals surface area contributed by atoms with Crippen LogP contribution in [-0.2, 0) is 33.6 Å². The lowest BCUT2D eigenvalue weighted by Crippen LogP contribution is -2.61. The van der Waals surface area contributed by atoms with E-state index < -0.39 is 96.6 Å². The van der Waals surface area contributed by atoms with Crippen molar-refractivity contribution in [3.05, 3.63) is 0 Å². The van der Waals surface area contributed by atoms with Gasteiger partial charge in [0.15, 0.2) is 5.96 Å². The summed E-state index contributed by atoms with van der Waals surface area (Å²) in [5, 5.41) is 31.4. The van der Waals surface area contributed by atoms with E-state index in [1.807, 2.05) is 0 Å². The molecule has 47 heavy (non-hydrogen) atoms. The molecule has 6 amide bonds.